The molecule has 0 aliphatic heterocycles. The molecule has 1 heteroatoms. The van der Waals surface area contributed by atoms with E-state index in [-0.39, 0.29) is 0 Å². The van der Waals surface area contributed by atoms with Crippen molar-refractivity contribution in [3.05, 3.63) is 23.3 Å². The largest absolute Gasteiger partial charge is 0.457 e. The summed E-state index contributed by atoms with van der Waals surface area (Å²) in [5, 5.41) is 0. The Morgan fingerprint density at radius 1 is 0.923 bits per heavy atom. The third-order valence-corrected chi connectivity index (χ3v) is 2.58. The Balaban J connectivity index is 2.57. The highest BCUT2D eigenvalue weighted by Gasteiger charge is 2.17. The van der Waals surface area contributed by atoms with Crippen molar-refractivity contribution in [2.24, 2.45) is 0 Å². The summed E-state index contributed by atoms with van der Waals surface area (Å²) in [6.45, 7) is 8.84. The van der Waals surface area contributed by atoms with Gasteiger partial charge < -0.3 is 4.42 Å². The zero-order valence-corrected chi connectivity index (χ0v) is 8.72. The van der Waals surface area contributed by atoms with Gasteiger partial charge in [0.25, 0.3) is 0 Å². The molecule has 0 aliphatic rings. The van der Waals surface area contributed by atoms with Crippen LogP contribution in [0.5, 0.6) is 0 Å². The first-order valence-corrected chi connectivity index (χ1v) is 4.95. The van der Waals surface area contributed by atoms with Gasteiger partial charge in [-0.1, -0.05) is 27.7 Å². The Morgan fingerprint density at radius 2 is 1.38 bits per heavy atom. The van der Waals surface area contributed by atoms with Crippen LogP contribution in [0.4, 0.5) is 0 Å². The van der Waals surface area contributed by atoms with Gasteiger partial charge in [-0.05, 0) is 24.0 Å². The first kappa shape index (κ1) is 8.61. The van der Waals surface area contributed by atoms with Gasteiger partial charge in [-0.25, -0.2) is 0 Å². The van der Waals surface area contributed by atoms with Crippen LogP contribution in [0.15, 0.2) is 16.5 Å². The van der Waals surface area contributed by atoms with Crippen molar-refractivity contribution in [3.63, 3.8) is 0 Å². The molecule has 0 saturated heterocycles. The van der Waals surface area contributed by atoms with Gasteiger partial charge in [0.05, 0.1) is 0 Å². The van der Waals surface area contributed by atoms with Crippen LogP contribution in [0.25, 0.3) is 11.2 Å². The molecule has 0 radical (unpaired) electrons. The normalized spacial score (nSPS) is 12.5. The number of fused-ring (bicyclic) bond motifs is 2. The van der Waals surface area contributed by atoms with Crippen molar-refractivity contribution < 1.29 is 4.42 Å². The van der Waals surface area contributed by atoms with E-state index in [2.05, 4.69) is 39.8 Å². The molecule has 0 amide bonds. The fourth-order valence-electron chi connectivity index (χ4n) is 1.80. The summed E-state index contributed by atoms with van der Waals surface area (Å²) in [5.41, 5.74) is 4.88. The average molecular weight is 176 g/mol. The first-order chi connectivity index (χ1) is 6.09. The van der Waals surface area contributed by atoms with E-state index in [9.17, 15) is 0 Å². The van der Waals surface area contributed by atoms with Crippen molar-refractivity contribution in [1.29, 1.82) is 0 Å². The molecule has 70 valence electrons. The Labute approximate surface area is 79.1 Å². The molecular formula is C12H16O. The lowest BCUT2D eigenvalue weighted by molar-refractivity contribution is 0.663. The van der Waals surface area contributed by atoms with Crippen molar-refractivity contribution in [1.82, 2.24) is 0 Å². The summed E-state index contributed by atoms with van der Waals surface area (Å²) in [6.07, 6.45) is 0. The van der Waals surface area contributed by atoms with E-state index < -0.39 is 0 Å². The van der Waals surface area contributed by atoms with E-state index in [1.807, 2.05) is 0 Å². The van der Waals surface area contributed by atoms with Gasteiger partial charge in [-0.2, -0.15) is 0 Å². The molecule has 0 atom stereocenters. The van der Waals surface area contributed by atoms with Gasteiger partial charge in [0.15, 0.2) is 0 Å². The summed E-state index contributed by atoms with van der Waals surface area (Å²) in [6, 6.07) is 4.32. The molecular weight excluding hydrogens is 160 g/mol. The van der Waals surface area contributed by atoms with Crippen LogP contribution in [0.3, 0.4) is 0 Å². The maximum atomic E-state index is 5.67. The molecule has 0 spiro atoms. The SMILES string of the molecule is CC(C)c1cc2cc(C(C)C)c1o2. The second-order valence-corrected chi connectivity index (χ2v) is 4.34. The molecule has 13 heavy (non-hydrogen) atoms. The number of hydrogen-bond donors (Lipinski definition) is 0. The molecule has 2 heterocycles. The van der Waals surface area contributed by atoms with E-state index in [0.717, 1.165) is 11.2 Å². The second kappa shape index (κ2) is 2.76. The van der Waals surface area contributed by atoms with Crippen LogP contribution in [0.1, 0.15) is 50.7 Å². The molecule has 2 bridgehead atoms. The van der Waals surface area contributed by atoms with Gasteiger partial charge in [0.1, 0.15) is 11.2 Å². The molecule has 1 nitrogen and oxygen atoms in total. The van der Waals surface area contributed by atoms with E-state index in [0.29, 0.717) is 11.8 Å². The minimum Gasteiger partial charge on any atom is -0.457 e. The Bertz CT molecular complexity index is 363. The highest BCUT2D eigenvalue weighted by atomic mass is 16.3. The molecule has 0 N–H and O–H groups in total. The van der Waals surface area contributed by atoms with Crippen LogP contribution < -0.4 is 0 Å². The predicted octanol–water partition coefficient (Wildman–Crippen LogP) is 4.12. The maximum Gasteiger partial charge on any atom is 0.134 e. The van der Waals surface area contributed by atoms with Crippen LogP contribution in [0, 0.1) is 0 Å². The van der Waals surface area contributed by atoms with Crippen molar-refractivity contribution in [2.75, 3.05) is 0 Å². The smallest absolute Gasteiger partial charge is 0.134 e. The van der Waals surface area contributed by atoms with Crippen LogP contribution >= 0.6 is 0 Å². The van der Waals surface area contributed by atoms with Crippen LogP contribution in [-0.4, -0.2) is 0 Å². The zero-order chi connectivity index (χ0) is 9.59. The topological polar surface area (TPSA) is 13.1 Å². The molecule has 0 unspecified atom stereocenters. The third kappa shape index (κ3) is 1.23. The van der Waals surface area contributed by atoms with Gasteiger partial charge in [-0.3, -0.25) is 0 Å². The lowest BCUT2D eigenvalue weighted by Gasteiger charge is -2.06. The number of furan rings is 2. The third-order valence-electron chi connectivity index (χ3n) is 2.58. The quantitative estimate of drug-likeness (QED) is 0.671. The van der Waals surface area contributed by atoms with Crippen molar-refractivity contribution >= 4 is 11.2 Å². The van der Waals surface area contributed by atoms with Crippen molar-refractivity contribution in [3.8, 4) is 0 Å². The minimum atomic E-state index is 0.565. The van der Waals surface area contributed by atoms with E-state index in [1.165, 1.54) is 11.1 Å². The lowest BCUT2D eigenvalue weighted by Crippen LogP contribution is -1.90. The number of hydrogen-bond acceptors (Lipinski definition) is 1. The highest BCUT2D eigenvalue weighted by Crippen LogP contribution is 2.35. The number of benzene rings is 1. The average Bonchev–Trinajstić information content (AvgIpc) is 2.60. The molecule has 0 fully saturated rings. The Morgan fingerprint density at radius 3 is 1.69 bits per heavy atom. The molecule has 0 saturated carbocycles. The fraction of sp³-hybridized carbons (Fsp3) is 0.500. The summed E-state index contributed by atoms with van der Waals surface area (Å²) < 4.78 is 5.67. The molecule has 0 aromatic carbocycles. The first-order valence-electron chi connectivity index (χ1n) is 4.95. The molecule has 0 aliphatic carbocycles. The van der Waals surface area contributed by atoms with Gasteiger partial charge >= 0.3 is 0 Å². The van der Waals surface area contributed by atoms with Gasteiger partial charge in [-0.15, -0.1) is 0 Å². The van der Waals surface area contributed by atoms with Gasteiger partial charge in [0.2, 0.25) is 0 Å². The number of rotatable bonds is 2. The zero-order valence-electron chi connectivity index (χ0n) is 8.72. The Hall–Kier alpha value is -0.980. The predicted molar refractivity (Wildman–Crippen MR) is 55.6 cm³/mol. The summed E-state index contributed by atoms with van der Waals surface area (Å²) in [5.74, 6) is 1.13. The summed E-state index contributed by atoms with van der Waals surface area (Å²) in [4.78, 5) is 0. The van der Waals surface area contributed by atoms with Crippen molar-refractivity contribution in [2.45, 2.75) is 39.5 Å². The highest BCUT2D eigenvalue weighted by molar-refractivity contribution is 5.72. The molecule has 2 aromatic heterocycles. The standard InChI is InChI=1S/C12H16O/c1-7(2)10-5-9-6-11(8(3)4)12(10)13-9/h5-8H,1-4H3. The molecule has 2 aromatic rings. The fourth-order valence-corrected chi connectivity index (χ4v) is 1.80. The van der Waals surface area contributed by atoms with Crippen LogP contribution in [0.2, 0.25) is 0 Å². The summed E-state index contributed by atoms with van der Waals surface area (Å²) >= 11 is 0. The van der Waals surface area contributed by atoms with E-state index in [4.69, 9.17) is 4.42 Å². The van der Waals surface area contributed by atoms with Crippen LogP contribution in [-0.2, 0) is 0 Å². The van der Waals surface area contributed by atoms with Gasteiger partial charge in [0, 0.05) is 11.1 Å². The maximum absolute atomic E-state index is 5.67. The minimum absolute atomic E-state index is 0.565. The summed E-state index contributed by atoms with van der Waals surface area (Å²) in [7, 11) is 0. The monoisotopic (exact) mass is 176 g/mol. The lowest BCUT2D eigenvalue weighted by atomic mass is 9.96. The molecule has 2 rings (SSSR count). The second-order valence-electron chi connectivity index (χ2n) is 4.34. The Kier molecular flexibility index (Phi) is 1.83. The van der Waals surface area contributed by atoms with E-state index in [1.54, 1.807) is 0 Å². The van der Waals surface area contributed by atoms with E-state index >= 15 is 0 Å².